The Morgan fingerprint density at radius 3 is 1.47 bits per heavy atom. The second-order valence-corrected chi connectivity index (χ2v) is 8.93. The standard InChI is InChI=1S/C18H18F17NO2/c19-11(17(30,31)32)13(20,21)2-9-5-38-10(6-37-9)14(22,23)12(18(33,34)35)36-3-7(15(24,25)26)1-8(4-36)16(27,28)29/h7-12H,1-6H2. The topological polar surface area (TPSA) is 21.7 Å². The molecule has 0 aromatic heterocycles. The maximum atomic E-state index is 15.0. The van der Waals surface area contributed by atoms with Crippen molar-refractivity contribution in [3.8, 4) is 0 Å². The highest BCUT2D eigenvalue weighted by atomic mass is 19.4. The third-order valence-corrected chi connectivity index (χ3v) is 6.00. The molecule has 226 valence electrons. The number of likely N-dealkylation sites (tertiary alicyclic amines) is 1. The average molecular weight is 603 g/mol. The van der Waals surface area contributed by atoms with Crippen LogP contribution in [0, 0.1) is 11.8 Å². The van der Waals surface area contributed by atoms with Gasteiger partial charge in [-0.25, -0.2) is 22.0 Å². The highest BCUT2D eigenvalue weighted by molar-refractivity contribution is 5.01. The molecule has 2 aliphatic heterocycles. The molecule has 0 N–H and O–H groups in total. The predicted octanol–water partition coefficient (Wildman–Crippen LogP) is 6.33. The molecular weight excluding hydrogens is 585 g/mol. The molecule has 6 unspecified atom stereocenters. The van der Waals surface area contributed by atoms with Crippen LogP contribution in [0.15, 0.2) is 0 Å². The molecule has 2 rings (SSSR count). The van der Waals surface area contributed by atoms with E-state index in [9.17, 15) is 74.6 Å². The molecule has 2 aliphatic rings. The maximum absolute atomic E-state index is 15.0. The van der Waals surface area contributed by atoms with E-state index >= 15 is 0 Å². The van der Waals surface area contributed by atoms with Crippen LogP contribution in [0.3, 0.4) is 0 Å². The van der Waals surface area contributed by atoms with Crippen LogP contribution < -0.4 is 0 Å². The van der Waals surface area contributed by atoms with E-state index in [2.05, 4.69) is 9.47 Å². The molecule has 2 heterocycles. The summed E-state index contributed by atoms with van der Waals surface area (Å²) in [6, 6.07) is -4.28. The minimum Gasteiger partial charge on any atom is -0.373 e. The zero-order valence-corrected chi connectivity index (χ0v) is 18.4. The molecule has 0 radical (unpaired) electrons. The van der Waals surface area contributed by atoms with Crippen LogP contribution in [0.1, 0.15) is 12.8 Å². The molecular formula is C18H18F17NO2. The first-order valence-electron chi connectivity index (χ1n) is 10.4. The van der Waals surface area contributed by atoms with Gasteiger partial charge in [-0.15, -0.1) is 0 Å². The maximum Gasteiger partial charge on any atom is 0.425 e. The van der Waals surface area contributed by atoms with Gasteiger partial charge in [-0.2, -0.15) is 52.7 Å². The quantitative estimate of drug-likeness (QED) is 0.332. The van der Waals surface area contributed by atoms with Gasteiger partial charge in [0.15, 0.2) is 6.04 Å². The first-order chi connectivity index (χ1) is 16.8. The molecule has 6 atom stereocenters. The van der Waals surface area contributed by atoms with E-state index in [4.69, 9.17) is 0 Å². The zero-order valence-electron chi connectivity index (χ0n) is 18.4. The highest BCUT2D eigenvalue weighted by Crippen LogP contribution is 2.47. The zero-order chi connectivity index (χ0) is 29.7. The smallest absolute Gasteiger partial charge is 0.373 e. The molecule has 20 heteroatoms. The molecule has 0 amide bonds. The molecule has 0 aromatic carbocycles. The summed E-state index contributed by atoms with van der Waals surface area (Å²) in [4.78, 5) is -0.736. The average Bonchev–Trinajstić information content (AvgIpc) is 2.70. The first-order valence-corrected chi connectivity index (χ1v) is 10.4. The number of hydrogen-bond acceptors (Lipinski definition) is 3. The Hall–Kier alpha value is -1.31. The van der Waals surface area contributed by atoms with Crippen molar-refractivity contribution in [2.45, 2.75) is 73.8 Å². The second-order valence-electron chi connectivity index (χ2n) is 8.93. The van der Waals surface area contributed by atoms with Crippen molar-refractivity contribution in [2.24, 2.45) is 11.8 Å². The molecule has 2 fully saturated rings. The Morgan fingerprint density at radius 1 is 0.658 bits per heavy atom. The van der Waals surface area contributed by atoms with Crippen molar-refractivity contribution >= 4 is 0 Å². The van der Waals surface area contributed by atoms with Gasteiger partial charge in [0.1, 0.15) is 6.10 Å². The van der Waals surface area contributed by atoms with E-state index in [-0.39, 0.29) is 0 Å². The van der Waals surface area contributed by atoms with Crippen molar-refractivity contribution in [1.82, 2.24) is 4.90 Å². The van der Waals surface area contributed by atoms with Crippen LogP contribution in [0.2, 0.25) is 0 Å². The Kier molecular flexibility index (Phi) is 9.17. The summed E-state index contributed by atoms with van der Waals surface area (Å²) >= 11 is 0. The summed E-state index contributed by atoms with van der Waals surface area (Å²) in [6.45, 7) is -7.04. The van der Waals surface area contributed by atoms with Gasteiger partial charge < -0.3 is 9.47 Å². The number of piperidine rings is 1. The predicted molar refractivity (Wildman–Crippen MR) is 90.1 cm³/mol. The number of ether oxygens (including phenoxy) is 2. The molecule has 0 aliphatic carbocycles. The summed E-state index contributed by atoms with van der Waals surface area (Å²) in [6.07, 6.45) is -37.0. The van der Waals surface area contributed by atoms with E-state index in [1.165, 1.54) is 0 Å². The van der Waals surface area contributed by atoms with Gasteiger partial charge in [0.25, 0.3) is 18.0 Å². The minimum absolute atomic E-state index is 0.736. The molecule has 38 heavy (non-hydrogen) atoms. The summed E-state index contributed by atoms with van der Waals surface area (Å²) < 4.78 is 235. The van der Waals surface area contributed by atoms with Crippen LogP contribution in [-0.2, 0) is 9.47 Å². The third-order valence-electron chi connectivity index (χ3n) is 6.00. The van der Waals surface area contributed by atoms with Gasteiger partial charge >= 0.3 is 24.7 Å². The number of halogens is 17. The Balaban J connectivity index is 2.25. The lowest BCUT2D eigenvalue weighted by Crippen LogP contribution is -2.66. The normalized spacial score (nSPS) is 29.3. The van der Waals surface area contributed by atoms with Crippen LogP contribution in [0.4, 0.5) is 74.6 Å². The van der Waals surface area contributed by atoms with E-state index < -0.39 is 117 Å². The van der Waals surface area contributed by atoms with Crippen molar-refractivity contribution in [3.05, 3.63) is 0 Å². The van der Waals surface area contributed by atoms with Crippen molar-refractivity contribution in [1.29, 1.82) is 0 Å². The lowest BCUT2D eigenvalue weighted by atomic mass is 9.86. The van der Waals surface area contributed by atoms with E-state index in [0.29, 0.717) is 0 Å². The van der Waals surface area contributed by atoms with Gasteiger partial charge in [-0.05, 0) is 6.42 Å². The fraction of sp³-hybridized carbons (Fsp3) is 1.00. The van der Waals surface area contributed by atoms with Crippen LogP contribution in [0.5, 0.6) is 0 Å². The number of hydrogen-bond donors (Lipinski definition) is 0. The van der Waals surface area contributed by atoms with Gasteiger partial charge in [0.2, 0.25) is 0 Å². The fourth-order valence-electron chi connectivity index (χ4n) is 4.19. The molecule has 3 nitrogen and oxygen atoms in total. The Morgan fingerprint density at radius 2 is 1.13 bits per heavy atom. The summed E-state index contributed by atoms with van der Waals surface area (Å²) in [5.41, 5.74) is 0. The Labute approximate surface area is 202 Å². The molecule has 0 spiro atoms. The first kappa shape index (κ1) is 32.9. The number of rotatable bonds is 6. The summed E-state index contributed by atoms with van der Waals surface area (Å²) in [7, 11) is 0. The van der Waals surface area contributed by atoms with Crippen LogP contribution in [0.25, 0.3) is 0 Å². The van der Waals surface area contributed by atoms with Gasteiger partial charge in [0, 0.05) is 19.5 Å². The van der Waals surface area contributed by atoms with Crippen LogP contribution in [-0.4, -0.2) is 92.2 Å². The monoisotopic (exact) mass is 603 g/mol. The van der Waals surface area contributed by atoms with Crippen molar-refractivity contribution < 1.29 is 84.1 Å². The van der Waals surface area contributed by atoms with Crippen molar-refractivity contribution in [3.63, 3.8) is 0 Å². The fourth-order valence-corrected chi connectivity index (χ4v) is 4.19. The molecule has 0 bridgehead atoms. The molecule has 0 saturated carbocycles. The Bertz CT molecular complexity index is 760. The third kappa shape index (κ3) is 7.66. The minimum atomic E-state index is -6.14. The van der Waals surface area contributed by atoms with E-state index in [1.807, 2.05) is 0 Å². The second kappa shape index (κ2) is 10.6. The van der Waals surface area contributed by atoms with Gasteiger partial charge in [-0.3, -0.25) is 4.90 Å². The van der Waals surface area contributed by atoms with E-state index in [1.54, 1.807) is 0 Å². The number of alkyl halides is 17. The largest absolute Gasteiger partial charge is 0.425 e. The van der Waals surface area contributed by atoms with Crippen molar-refractivity contribution in [2.75, 3.05) is 26.3 Å². The molecule has 2 saturated heterocycles. The lowest BCUT2D eigenvalue weighted by molar-refractivity contribution is -0.312. The van der Waals surface area contributed by atoms with Gasteiger partial charge in [0.05, 0.1) is 31.2 Å². The van der Waals surface area contributed by atoms with Crippen LogP contribution >= 0.6 is 0 Å². The lowest BCUT2D eigenvalue weighted by Gasteiger charge is -2.47. The molecule has 0 aromatic rings. The van der Waals surface area contributed by atoms with E-state index in [0.717, 1.165) is 0 Å². The summed E-state index contributed by atoms with van der Waals surface area (Å²) in [5, 5.41) is 0. The highest BCUT2D eigenvalue weighted by Gasteiger charge is 2.66. The number of nitrogens with zero attached hydrogens (tertiary/aromatic N) is 1. The SMILES string of the molecule is FC(C(F)(F)F)C(F)(F)CC1COC(C(F)(F)C(N2CC(C(F)(F)F)CC(C(F)(F)F)C2)C(F)(F)F)CO1. The summed E-state index contributed by atoms with van der Waals surface area (Å²) in [5.74, 6) is -16.6. The van der Waals surface area contributed by atoms with Gasteiger partial charge in [-0.1, -0.05) is 0 Å².